The number of likely N-dealkylation sites (tertiary alicyclic amines) is 1. The van der Waals surface area contributed by atoms with Gasteiger partial charge in [-0.3, -0.25) is 9.59 Å². The van der Waals surface area contributed by atoms with Gasteiger partial charge in [0.2, 0.25) is 23.5 Å². The SMILES string of the molecule is CC(C)(C)OC(=O)N1CCC2(CC1)CC2C(=O)Nc1ccnc(C(F)(F)F)n1.O=C(Nc1ccnc(C(F)(F)F)n1)C1CC12CCNCC2. The molecule has 0 aromatic carbocycles. The first-order valence-electron chi connectivity index (χ1n) is 15.9. The van der Waals surface area contributed by atoms with E-state index in [9.17, 15) is 40.7 Å². The van der Waals surface area contributed by atoms with Gasteiger partial charge in [0.15, 0.2) is 0 Å². The highest BCUT2D eigenvalue weighted by Crippen LogP contribution is 2.60. The van der Waals surface area contributed by atoms with Crippen LogP contribution in [0, 0.1) is 22.7 Å². The van der Waals surface area contributed by atoms with E-state index < -0.39 is 29.6 Å². The van der Waals surface area contributed by atoms with Crippen molar-refractivity contribution >= 4 is 29.5 Å². The van der Waals surface area contributed by atoms with Crippen LogP contribution in [0.2, 0.25) is 0 Å². The third-order valence-corrected chi connectivity index (χ3v) is 9.34. The third kappa shape index (κ3) is 8.93. The van der Waals surface area contributed by atoms with Crippen molar-refractivity contribution in [2.45, 2.75) is 77.2 Å². The molecule has 6 rings (SSSR count). The third-order valence-electron chi connectivity index (χ3n) is 9.34. The van der Waals surface area contributed by atoms with Gasteiger partial charge in [0.25, 0.3) is 0 Å². The van der Waals surface area contributed by atoms with Gasteiger partial charge in [0.05, 0.1) is 0 Å². The van der Waals surface area contributed by atoms with E-state index in [4.69, 9.17) is 4.74 Å². The number of halogens is 6. The molecule has 2 saturated carbocycles. The van der Waals surface area contributed by atoms with Crippen LogP contribution in [-0.4, -0.2) is 74.5 Å². The number of rotatable bonds is 4. The highest BCUT2D eigenvalue weighted by atomic mass is 19.4. The molecule has 2 aliphatic heterocycles. The Balaban J connectivity index is 0.000000199. The number of nitrogens with zero attached hydrogens (tertiary/aromatic N) is 5. The Labute approximate surface area is 278 Å². The van der Waals surface area contributed by atoms with Crippen LogP contribution < -0.4 is 16.0 Å². The highest BCUT2D eigenvalue weighted by Gasteiger charge is 2.59. The lowest BCUT2D eigenvalue weighted by molar-refractivity contribution is -0.145. The van der Waals surface area contributed by atoms with Gasteiger partial charge >= 0.3 is 18.4 Å². The molecular formula is C31H38F6N8O4. The predicted molar refractivity (Wildman–Crippen MR) is 162 cm³/mol. The van der Waals surface area contributed by atoms with Crippen molar-refractivity contribution in [1.82, 2.24) is 30.2 Å². The van der Waals surface area contributed by atoms with E-state index in [2.05, 4.69) is 35.9 Å². The molecule has 268 valence electrons. The number of alkyl halides is 6. The van der Waals surface area contributed by atoms with Crippen LogP contribution in [0.3, 0.4) is 0 Å². The fourth-order valence-electron chi connectivity index (χ4n) is 6.48. The van der Waals surface area contributed by atoms with Crippen molar-refractivity contribution in [3.63, 3.8) is 0 Å². The molecule has 0 bridgehead atoms. The summed E-state index contributed by atoms with van der Waals surface area (Å²) in [4.78, 5) is 51.4. The minimum Gasteiger partial charge on any atom is -0.444 e. The molecule has 3 N–H and O–H groups in total. The molecule has 0 radical (unpaired) electrons. The molecular weight excluding hydrogens is 662 g/mol. The zero-order valence-corrected chi connectivity index (χ0v) is 27.2. The monoisotopic (exact) mass is 700 g/mol. The van der Waals surface area contributed by atoms with Gasteiger partial charge < -0.3 is 25.6 Å². The second-order valence-electron chi connectivity index (χ2n) is 14.0. The molecule has 12 nitrogen and oxygen atoms in total. The molecule has 2 aliphatic carbocycles. The normalized spacial score (nSPS) is 22.4. The van der Waals surface area contributed by atoms with Crippen LogP contribution in [0.15, 0.2) is 24.5 Å². The lowest BCUT2D eigenvalue weighted by atomic mass is 9.91. The van der Waals surface area contributed by atoms with E-state index in [0.717, 1.165) is 44.7 Å². The van der Waals surface area contributed by atoms with Gasteiger partial charge in [-0.2, -0.15) is 26.3 Å². The summed E-state index contributed by atoms with van der Waals surface area (Å²) < 4.78 is 81.0. The first kappa shape index (κ1) is 36.2. The summed E-state index contributed by atoms with van der Waals surface area (Å²) in [5, 5.41) is 8.17. The van der Waals surface area contributed by atoms with Gasteiger partial charge in [0, 0.05) is 37.3 Å². The topological polar surface area (TPSA) is 151 Å². The molecule has 4 fully saturated rings. The van der Waals surface area contributed by atoms with Crippen molar-refractivity contribution in [3.8, 4) is 0 Å². The van der Waals surface area contributed by atoms with Crippen LogP contribution in [0.5, 0.6) is 0 Å². The van der Waals surface area contributed by atoms with E-state index in [1.165, 1.54) is 12.1 Å². The molecule has 4 heterocycles. The number of aromatic nitrogens is 4. The first-order chi connectivity index (χ1) is 22.8. The van der Waals surface area contributed by atoms with Gasteiger partial charge in [-0.15, -0.1) is 0 Å². The van der Waals surface area contributed by atoms with E-state index >= 15 is 0 Å². The number of ether oxygens (including phenoxy) is 1. The van der Waals surface area contributed by atoms with Crippen LogP contribution in [0.1, 0.15) is 70.9 Å². The van der Waals surface area contributed by atoms with Crippen molar-refractivity contribution in [3.05, 3.63) is 36.2 Å². The van der Waals surface area contributed by atoms with E-state index in [1.54, 1.807) is 25.7 Å². The molecule has 2 unspecified atom stereocenters. The summed E-state index contributed by atoms with van der Waals surface area (Å²) in [7, 11) is 0. The van der Waals surface area contributed by atoms with E-state index in [-0.39, 0.29) is 52.2 Å². The molecule has 2 aromatic heterocycles. The number of carbonyl (C=O) groups is 3. The van der Waals surface area contributed by atoms with Crippen molar-refractivity contribution in [2.75, 3.05) is 36.8 Å². The van der Waals surface area contributed by atoms with E-state index in [0.29, 0.717) is 32.4 Å². The summed E-state index contributed by atoms with van der Waals surface area (Å²) in [6, 6.07) is 2.50. The Morgan fingerprint density at radius 3 is 1.61 bits per heavy atom. The molecule has 4 aliphatic rings. The van der Waals surface area contributed by atoms with Crippen LogP contribution in [0.4, 0.5) is 42.8 Å². The summed E-state index contributed by atoms with van der Waals surface area (Å²) >= 11 is 0. The fourth-order valence-corrected chi connectivity index (χ4v) is 6.48. The molecule has 2 spiro atoms. The number of carbonyl (C=O) groups excluding carboxylic acids is 3. The van der Waals surface area contributed by atoms with Crippen LogP contribution >= 0.6 is 0 Å². The van der Waals surface area contributed by atoms with Crippen molar-refractivity contribution < 1.29 is 45.5 Å². The maximum Gasteiger partial charge on any atom is 0.451 e. The van der Waals surface area contributed by atoms with Crippen molar-refractivity contribution in [2.24, 2.45) is 22.7 Å². The number of hydrogen-bond donors (Lipinski definition) is 3. The van der Waals surface area contributed by atoms with Gasteiger partial charge in [-0.1, -0.05) is 0 Å². The maximum absolute atomic E-state index is 12.7. The largest absolute Gasteiger partial charge is 0.451 e. The van der Waals surface area contributed by atoms with Crippen LogP contribution in [-0.2, 0) is 26.7 Å². The molecule has 2 saturated heterocycles. The molecule has 49 heavy (non-hydrogen) atoms. The average molecular weight is 701 g/mol. The summed E-state index contributed by atoms with van der Waals surface area (Å²) in [6.07, 6.45) is -3.06. The van der Waals surface area contributed by atoms with Crippen molar-refractivity contribution in [1.29, 1.82) is 0 Å². The summed E-state index contributed by atoms with van der Waals surface area (Å²) in [6.45, 7) is 8.15. The Kier molecular flexibility index (Phi) is 9.84. The predicted octanol–water partition coefficient (Wildman–Crippen LogP) is 5.29. The Hall–Kier alpha value is -4.09. The number of amides is 3. The zero-order chi connectivity index (χ0) is 35.8. The number of anilines is 2. The molecule has 18 heteroatoms. The fraction of sp³-hybridized carbons (Fsp3) is 0.645. The Morgan fingerprint density at radius 1 is 0.776 bits per heavy atom. The molecule has 2 aromatic rings. The molecule has 2 atom stereocenters. The highest BCUT2D eigenvalue weighted by molar-refractivity contribution is 5.95. The minimum absolute atomic E-state index is 0.0369. The number of piperidine rings is 2. The number of nitrogens with one attached hydrogen (secondary N) is 3. The number of hydrogen-bond acceptors (Lipinski definition) is 9. The second kappa shape index (κ2) is 13.3. The second-order valence-corrected chi connectivity index (χ2v) is 14.0. The van der Waals surface area contributed by atoms with Gasteiger partial charge in [0.1, 0.15) is 17.2 Å². The lowest BCUT2D eigenvalue weighted by Crippen LogP contribution is -2.43. The Bertz CT molecular complexity index is 1550. The standard InChI is InChI=1S/C18H23F3N4O3.C13H15F3N4O/c1-16(2,3)28-15(27)25-8-5-17(6-9-25)10-11(17)13(26)23-12-4-7-22-14(24-12)18(19,20)21;14-13(15,16)11-18-4-1-9(20-11)19-10(21)8-7-12(8)2-5-17-6-3-12/h4,7,11H,5-6,8-10H2,1-3H3,(H,22,23,24,26);1,4,8,17H,2-3,5-7H2,(H,18,19,20,21). The summed E-state index contributed by atoms with van der Waals surface area (Å²) in [5.41, 5.74) is -0.737. The zero-order valence-electron chi connectivity index (χ0n) is 27.2. The van der Waals surface area contributed by atoms with Gasteiger partial charge in [-0.05, 0) is 95.3 Å². The summed E-state index contributed by atoms with van der Waals surface area (Å²) in [5.74, 6) is -3.81. The quantitative estimate of drug-likeness (QED) is 0.362. The molecule has 3 amide bonds. The minimum atomic E-state index is -4.67. The smallest absolute Gasteiger partial charge is 0.444 e. The maximum atomic E-state index is 12.7. The van der Waals surface area contributed by atoms with E-state index in [1.807, 2.05) is 0 Å². The first-order valence-corrected chi connectivity index (χ1v) is 15.9. The van der Waals surface area contributed by atoms with Crippen LogP contribution in [0.25, 0.3) is 0 Å². The lowest BCUT2D eigenvalue weighted by Gasteiger charge is -2.34. The van der Waals surface area contributed by atoms with Gasteiger partial charge in [-0.25, -0.2) is 24.7 Å². The average Bonchev–Trinajstić information content (AvgIpc) is 3.92. The Morgan fingerprint density at radius 2 is 1.20 bits per heavy atom.